The summed E-state index contributed by atoms with van der Waals surface area (Å²) in [5, 5.41) is 4.68. The molecule has 0 atom stereocenters. The fourth-order valence-electron chi connectivity index (χ4n) is 3.98. The monoisotopic (exact) mass is 502 g/mol. The molecule has 0 saturated carbocycles. The molecule has 1 N–H and O–H groups in total. The van der Waals surface area contributed by atoms with Crippen LogP contribution >= 0.6 is 11.6 Å². The predicted molar refractivity (Wildman–Crippen MR) is 141 cm³/mol. The molecule has 0 radical (unpaired) electrons. The Hall–Kier alpha value is -2.35. The van der Waals surface area contributed by atoms with E-state index in [2.05, 4.69) is 54.5 Å². The molecule has 3 aromatic rings. The first-order valence-electron chi connectivity index (χ1n) is 11.7. The van der Waals surface area contributed by atoms with Gasteiger partial charge in [-0.05, 0) is 67.2 Å². The molecular weight excluding hydrogens is 468 g/mol. The fraction of sp³-hybridized carbons (Fsp3) is 0.423. The molecule has 1 aromatic heterocycles. The van der Waals surface area contributed by atoms with Gasteiger partial charge in [-0.15, -0.1) is 0 Å². The van der Waals surface area contributed by atoms with Crippen molar-refractivity contribution in [2.75, 3.05) is 17.8 Å². The third-order valence-corrected chi connectivity index (χ3v) is 7.86. The first-order valence-corrected chi connectivity index (χ1v) is 13.6. The van der Waals surface area contributed by atoms with Crippen molar-refractivity contribution in [2.45, 2.75) is 52.5 Å². The number of sulfonamides is 1. The molecular formula is C26H35ClN4O2S. The topological polar surface area (TPSA) is 67.2 Å². The molecule has 0 spiro atoms. The van der Waals surface area contributed by atoms with Gasteiger partial charge in [-0.2, -0.15) is 5.10 Å². The Morgan fingerprint density at radius 2 is 1.76 bits per heavy atom. The minimum absolute atomic E-state index is 0.0518. The minimum Gasteiger partial charge on any atom is -0.300 e. The molecule has 0 unspecified atom stereocenters. The van der Waals surface area contributed by atoms with Crippen molar-refractivity contribution in [1.82, 2.24) is 14.7 Å². The van der Waals surface area contributed by atoms with E-state index in [1.165, 1.54) is 5.56 Å². The Balaban J connectivity index is 1.90. The SMILES string of the molecule is CCN(CC)Cc1cccc(-c2ccc(S(=O)(=O)Nc3c(CC(C)C)nn(C)c3C)c(Cl)c2)c1. The second kappa shape index (κ2) is 10.9. The minimum atomic E-state index is -3.88. The van der Waals surface area contributed by atoms with Crippen molar-refractivity contribution in [2.24, 2.45) is 13.0 Å². The van der Waals surface area contributed by atoms with Crippen molar-refractivity contribution >= 4 is 27.3 Å². The zero-order chi connectivity index (χ0) is 25.0. The standard InChI is InChI=1S/C26H35ClN4O2S/c1-7-31(8-2)17-20-10-9-11-21(15-20)22-12-13-25(23(27)16-22)34(32,33)29-26-19(5)30(6)28-24(26)14-18(3)4/h9-13,15-16,18,29H,7-8,14,17H2,1-6H3. The highest BCUT2D eigenvalue weighted by molar-refractivity contribution is 7.92. The first-order chi connectivity index (χ1) is 16.1. The lowest BCUT2D eigenvalue weighted by Gasteiger charge is -2.18. The summed E-state index contributed by atoms with van der Waals surface area (Å²) in [5.74, 6) is 0.345. The third kappa shape index (κ3) is 6.01. The molecule has 2 aromatic carbocycles. The average Bonchev–Trinajstić information content (AvgIpc) is 3.03. The molecule has 0 aliphatic carbocycles. The number of nitrogens with one attached hydrogen (secondary N) is 1. The van der Waals surface area contributed by atoms with Gasteiger partial charge in [0, 0.05) is 13.6 Å². The highest BCUT2D eigenvalue weighted by Crippen LogP contribution is 2.32. The molecule has 0 saturated heterocycles. The maximum absolute atomic E-state index is 13.3. The van der Waals surface area contributed by atoms with E-state index >= 15 is 0 Å². The number of benzene rings is 2. The molecule has 0 fully saturated rings. The van der Waals surface area contributed by atoms with Crippen molar-refractivity contribution < 1.29 is 8.42 Å². The summed E-state index contributed by atoms with van der Waals surface area (Å²) in [4.78, 5) is 2.40. The van der Waals surface area contributed by atoms with Gasteiger partial charge in [0.15, 0.2) is 0 Å². The van der Waals surface area contributed by atoms with Gasteiger partial charge in [-0.3, -0.25) is 14.3 Å². The number of halogens is 1. The molecule has 0 aliphatic heterocycles. The van der Waals surface area contributed by atoms with E-state index in [0.29, 0.717) is 18.0 Å². The number of rotatable bonds is 10. The quantitative estimate of drug-likeness (QED) is 0.375. The molecule has 184 valence electrons. The molecule has 0 bridgehead atoms. The van der Waals surface area contributed by atoms with Gasteiger partial charge < -0.3 is 0 Å². The van der Waals surface area contributed by atoms with Crippen LogP contribution in [0.25, 0.3) is 11.1 Å². The van der Waals surface area contributed by atoms with Crippen LogP contribution in [0.3, 0.4) is 0 Å². The van der Waals surface area contributed by atoms with Gasteiger partial charge in [-0.1, -0.05) is 63.6 Å². The van der Waals surface area contributed by atoms with Crippen LogP contribution in [0.4, 0.5) is 5.69 Å². The normalized spacial score (nSPS) is 12.0. The van der Waals surface area contributed by atoms with Crippen LogP contribution in [0.5, 0.6) is 0 Å². The summed E-state index contributed by atoms with van der Waals surface area (Å²) in [5.41, 5.74) is 5.11. The lowest BCUT2D eigenvalue weighted by atomic mass is 10.0. The van der Waals surface area contributed by atoms with Crippen molar-refractivity contribution in [3.63, 3.8) is 0 Å². The Morgan fingerprint density at radius 1 is 1.09 bits per heavy atom. The Bertz CT molecular complexity index is 1250. The maximum Gasteiger partial charge on any atom is 0.263 e. The van der Waals surface area contributed by atoms with Crippen LogP contribution in [-0.4, -0.2) is 36.2 Å². The van der Waals surface area contributed by atoms with E-state index in [0.717, 1.165) is 42.1 Å². The van der Waals surface area contributed by atoms with Gasteiger partial charge in [0.1, 0.15) is 4.90 Å². The van der Waals surface area contributed by atoms with Crippen molar-refractivity contribution in [3.8, 4) is 11.1 Å². The highest BCUT2D eigenvalue weighted by Gasteiger charge is 2.23. The smallest absolute Gasteiger partial charge is 0.263 e. The van der Waals surface area contributed by atoms with Gasteiger partial charge in [0.05, 0.1) is 22.1 Å². The molecule has 3 rings (SSSR count). The first kappa shape index (κ1) is 26.3. The number of nitrogens with zero attached hydrogens (tertiary/aromatic N) is 3. The Kier molecular flexibility index (Phi) is 8.44. The van der Waals surface area contributed by atoms with Crippen molar-refractivity contribution in [3.05, 3.63) is 64.4 Å². The Labute approximate surface area is 209 Å². The Morgan fingerprint density at radius 3 is 2.38 bits per heavy atom. The van der Waals surface area contributed by atoms with Crippen LogP contribution in [0.15, 0.2) is 47.4 Å². The summed E-state index contributed by atoms with van der Waals surface area (Å²) in [6.45, 7) is 13.2. The molecule has 0 aliphatic rings. The fourth-order valence-corrected chi connectivity index (χ4v) is 5.67. The molecule has 0 amide bonds. The van der Waals surface area contributed by atoms with E-state index in [-0.39, 0.29) is 9.92 Å². The second-order valence-electron chi connectivity index (χ2n) is 9.04. The molecule has 8 heteroatoms. The summed E-state index contributed by atoms with van der Waals surface area (Å²) in [6, 6.07) is 13.4. The van der Waals surface area contributed by atoms with Gasteiger partial charge in [0.2, 0.25) is 0 Å². The summed E-state index contributed by atoms with van der Waals surface area (Å²) in [7, 11) is -2.07. The summed E-state index contributed by atoms with van der Waals surface area (Å²) < 4.78 is 31.0. The van der Waals surface area contributed by atoms with E-state index in [4.69, 9.17) is 11.6 Å². The van der Waals surface area contributed by atoms with E-state index < -0.39 is 10.0 Å². The number of anilines is 1. The number of aryl methyl sites for hydroxylation is 1. The second-order valence-corrected chi connectivity index (χ2v) is 11.1. The van der Waals surface area contributed by atoms with Gasteiger partial charge >= 0.3 is 0 Å². The molecule has 1 heterocycles. The zero-order valence-electron chi connectivity index (χ0n) is 20.9. The van der Waals surface area contributed by atoms with Crippen LogP contribution in [0.2, 0.25) is 5.02 Å². The van der Waals surface area contributed by atoms with E-state index in [9.17, 15) is 8.42 Å². The van der Waals surface area contributed by atoms with Crippen molar-refractivity contribution in [1.29, 1.82) is 0 Å². The zero-order valence-corrected chi connectivity index (χ0v) is 22.5. The summed E-state index contributed by atoms with van der Waals surface area (Å²) >= 11 is 6.52. The van der Waals surface area contributed by atoms with Gasteiger partial charge in [0.25, 0.3) is 10.0 Å². The number of hydrogen-bond acceptors (Lipinski definition) is 4. The van der Waals surface area contributed by atoms with Crippen LogP contribution in [0.1, 0.15) is 44.6 Å². The van der Waals surface area contributed by atoms with Crippen LogP contribution < -0.4 is 4.72 Å². The molecule has 6 nitrogen and oxygen atoms in total. The maximum atomic E-state index is 13.3. The number of aromatic nitrogens is 2. The van der Waals surface area contributed by atoms with Gasteiger partial charge in [-0.25, -0.2) is 8.42 Å². The van der Waals surface area contributed by atoms with Crippen LogP contribution in [0, 0.1) is 12.8 Å². The van der Waals surface area contributed by atoms with Crippen LogP contribution in [-0.2, 0) is 30.0 Å². The summed E-state index contributed by atoms with van der Waals surface area (Å²) in [6.07, 6.45) is 0.677. The molecule has 34 heavy (non-hydrogen) atoms. The third-order valence-electron chi connectivity index (χ3n) is 6.03. The van der Waals surface area contributed by atoms with E-state index in [1.807, 2.05) is 32.2 Å². The highest BCUT2D eigenvalue weighted by atomic mass is 35.5. The van der Waals surface area contributed by atoms with E-state index in [1.54, 1.807) is 16.8 Å². The predicted octanol–water partition coefficient (Wildman–Crippen LogP) is 5.89. The largest absolute Gasteiger partial charge is 0.300 e. The lowest BCUT2D eigenvalue weighted by Crippen LogP contribution is -2.22. The lowest BCUT2D eigenvalue weighted by molar-refractivity contribution is 0.296. The average molecular weight is 503 g/mol. The number of hydrogen-bond donors (Lipinski definition) is 1.